The summed E-state index contributed by atoms with van der Waals surface area (Å²) in [5.41, 5.74) is 2.51. The van der Waals surface area contributed by atoms with Gasteiger partial charge in [-0.05, 0) is 24.1 Å². The van der Waals surface area contributed by atoms with Crippen LogP contribution < -0.4 is 0 Å². The van der Waals surface area contributed by atoms with Crippen molar-refractivity contribution in [2.75, 3.05) is 0 Å². The Balaban J connectivity index is 1.65. The molecule has 0 unspecified atom stereocenters. The molecule has 0 amide bonds. The second-order valence-electron chi connectivity index (χ2n) is 5.17. The van der Waals surface area contributed by atoms with Gasteiger partial charge < -0.3 is 9.30 Å². The molecular formula is C18H18N2O2S. The van der Waals surface area contributed by atoms with E-state index in [1.165, 1.54) is 0 Å². The zero-order valence-corrected chi connectivity index (χ0v) is 13.8. The van der Waals surface area contributed by atoms with Crippen LogP contribution in [-0.4, -0.2) is 15.5 Å². The number of nitrogens with zero attached hydrogens (tertiary/aromatic N) is 2. The maximum Gasteiger partial charge on any atom is 0.355 e. The van der Waals surface area contributed by atoms with E-state index in [9.17, 15) is 4.79 Å². The highest BCUT2D eigenvalue weighted by Crippen LogP contribution is 2.13. The van der Waals surface area contributed by atoms with Crippen LogP contribution in [0.25, 0.3) is 0 Å². The number of benzene rings is 1. The molecule has 2 aromatic heterocycles. The van der Waals surface area contributed by atoms with Crippen molar-refractivity contribution in [3.05, 3.63) is 76.0 Å². The zero-order chi connectivity index (χ0) is 16.1. The largest absolute Gasteiger partial charge is 0.454 e. The minimum Gasteiger partial charge on any atom is -0.454 e. The summed E-state index contributed by atoms with van der Waals surface area (Å²) in [6.45, 7) is 2.92. The first-order valence-corrected chi connectivity index (χ1v) is 8.43. The first-order valence-electron chi connectivity index (χ1n) is 7.55. The fraction of sp³-hybridized carbons (Fsp3) is 0.222. The van der Waals surface area contributed by atoms with Gasteiger partial charge in [0.1, 0.15) is 12.3 Å². The summed E-state index contributed by atoms with van der Waals surface area (Å²) in [6, 6.07) is 13.7. The fourth-order valence-electron chi connectivity index (χ4n) is 2.31. The molecule has 0 atom stereocenters. The second kappa shape index (κ2) is 7.24. The highest BCUT2D eigenvalue weighted by Gasteiger charge is 2.13. The number of aromatic nitrogens is 2. The first kappa shape index (κ1) is 15.5. The van der Waals surface area contributed by atoms with Gasteiger partial charge in [0.15, 0.2) is 0 Å². The quantitative estimate of drug-likeness (QED) is 0.645. The minimum absolute atomic E-state index is 0.214. The number of thiazole rings is 1. The summed E-state index contributed by atoms with van der Waals surface area (Å²) < 4.78 is 7.29. The van der Waals surface area contributed by atoms with Gasteiger partial charge in [-0.15, -0.1) is 11.3 Å². The zero-order valence-electron chi connectivity index (χ0n) is 12.9. The summed E-state index contributed by atoms with van der Waals surface area (Å²) in [5, 5.41) is 3.00. The van der Waals surface area contributed by atoms with Crippen molar-refractivity contribution in [2.24, 2.45) is 0 Å². The smallest absolute Gasteiger partial charge is 0.355 e. The van der Waals surface area contributed by atoms with Crippen molar-refractivity contribution < 1.29 is 9.53 Å². The maximum absolute atomic E-state index is 12.3. The predicted octanol–water partition coefficient (Wildman–Crippen LogP) is 3.91. The van der Waals surface area contributed by atoms with Crippen LogP contribution in [0.1, 0.15) is 33.7 Å². The van der Waals surface area contributed by atoms with Crippen LogP contribution in [0.2, 0.25) is 0 Å². The summed E-state index contributed by atoms with van der Waals surface area (Å²) in [6.07, 6.45) is 2.79. The van der Waals surface area contributed by atoms with E-state index < -0.39 is 0 Å². The molecular weight excluding hydrogens is 308 g/mol. The Labute approximate surface area is 139 Å². The van der Waals surface area contributed by atoms with Crippen LogP contribution in [0.3, 0.4) is 0 Å². The average Bonchev–Trinajstić information content (AvgIpc) is 3.22. The third-order valence-corrected chi connectivity index (χ3v) is 4.53. The van der Waals surface area contributed by atoms with Crippen molar-refractivity contribution in [1.29, 1.82) is 0 Å². The van der Waals surface area contributed by atoms with Crippen molar-refractivity contribution in [3.8, 4) is 0 Å². The van der Waals surface area contributed by atoms with Crippen molar-refractivity contribution in [3.63, 3.8) is 0 Å². The molecule has 0 N–H and O–H groups in total. The number of carbonyl (C=O) groups is 1. The van der Waals surface area contributed by atoms with Crippen LogP contribution in [0.4, 0.5) is 0 Å². The molecule has 23 heavy (non-hydrogen) atoms. The molecule has 5 heteroatoms. The molecule has 0 spiro atoms. The van der Waals surface area contributed by atoms with Gasteiger partial charge in [-0.2, -0.15) is 0 Å². The van der Waals surface area contributed by atoms with Crippen LogP contribution >= 0.6 is 11.3 Å². The summed E-state index contributed by atoms with van der Waals surface area (Å²) in [7, 11) is 0. The van der Waals surface area contributed by atoms with Crippen LogP contribution in [0.15, 0.2) is 54.0 Å². The lowest BCUT2D eigenvalue weighted by atomic mass is 10.2. The number of ether oxygens (including phenoxy) is 1. The van der Waals surface area contributed by atoms with E-state index in [1.54, 1.807) is 17.4 Å². The molecule has 0 saturated heterocycles. The number of hydrogen-bond donors (Lipinski definition) is 0. The Bertz CT molecular complexity index is 777. The summed E-state index contributed by atoms with van der Waals surface area (Å²) >= 11 is 1.60. The molecule has 4 nitrogen and oxygen atoms in total. The number of carbonyl (C=O) groups excluding carboxylic acids is 1. The second-order valence-corrected chi connectivity index (χ2v) is 6.11. The van der Waals surface area contributed by atoms with E-state index in [0.717, 1.165) is 22.7 Å². The summed E-state index contributed by atoms with van der Waals surface area (Å²) in [4.78, 5) is 16.7. The van der Waals surface area contributed by atoms with E-state index in [0.29, 0.717) is 12.2 Å². The highest BCUT2D eigenvalue weighted by molar-refractivity contribution is 7.09. The molecule has 0 radical (unpaired) electrons. The molecule has 0 aliphatic heterocycles. The Morgan fingerprint density at radius 2 is 2.04 bits per heavy atom. The molecule has 2 heterocycles. The number of rotatable bonds is 6. The van der Waals surface area contributed by atoms with Gasteiger partial charge in [0.2, 0.25) is 0 Å². The van der Waals surface area contributed by atoms with Crippen molar-refractivity contribution >= 4 is 17.3 Å². The maximum atomic E-state index is 12.3. The molecule has 0 fully saturated rings. The lowest BCUT2D eigenvalue weighted by molar-refractivity contribution is 0.0456. The van der Waals surface area contributed by atoms with E-state index in [2.05, 4.69) is 11.9 Å². The van der Waals surface area contributed by atoms with E-state index in [-0.39, 0.29) is 12.6 Å². The Kier molecular flexibility index (Phi) is 4.88. The van der Waals surface area contributed by atoms with Gasteiger partial charge in [0.05, 0.1) is 10.7 Å². The number of hydrogen-bond acceptors (Lipinski definition) is 4. The van der Waals surface area contributed by atoms with Gasteiger partial charge in [-0.3, -0.25) is 0 Å². The third-order valence-electron chi connectivity index (χ3n) is 3.49. The molecule has 0 aliphatic rings. The normalized spacial score (nSPS) is 10.7. The highest BCUT2D eigenvalue weighted by atomic mass is 32.1. The van der Waals surface area contributed by atoms with Crippen LogP contribution in [0, 0.1) is 0 Å². The lowest BCUT2D eigenvalue weighted by Crippen LogP contribution is -2.12. The standard InChI is InChI=1S/C18H18N2O2S/c1-2-17-19-15(13-23-17)12-22-18(21)16-9-6-10-20(16)11-14-7-4-3-5-8-14/h3-10,13H,2,11-12H2,1H3. The monoisotopic (exact) mass is 326 g/mol. The van der Waals surface area contributed by atoms with E-state index in [1.807, 2.05) is 52.5 Å². The van der Waals surface area contributed by atoms with Gasteiger partial charge in [0, 0.05) is 18.1 Å². The van der Waals surface area contributed by atoms with E-state index >= 15 is 0 Å². The molecule has 118 valence electrons. The predicted molar refractivity (Wildman–Crippen MR) is 90.6 cm³/mol. The lowest BCUT2D eigenvalue weighted by Gasteiger charge is -2.09. The van der Waals surface area contributed by atoms with Crippen molar-refractivity contribution in [2.45, 2.75) is 26.5 Å². The summed E-state index contributed by atoms with van der Waals surface area (Å²) in [5.74, 6) is -0.322. The average molecular weight is 326 g/mol. The van der Waals surface area contributed by atoms with Crippen molar-refractivity contribution in [1.82, 2.24) is 9.55 Å². The Hall–Kier alpha value is -2.40. The van der Waals surface area contributed by atoms with E-state index in [4.69, 9.17) is 4.74 Å². The Morgan fingerprint density at radius 3 is 2.78 bits per heavy atom. The third kappa shape index (κ3) is 3.87. The van der Waals surface area contributed by atoms with Gasteiger partial charge >= 0.3 is 5.97 Å². The molecule has 3 rings (SSSR count). The number of esters is 1. The van der Waals surface area contributed by atoms with Gasteiger partial charge in [-0.25, -0.2) is 9.78 Å². The topological polar surface area (TPSA) is 44.1 Å². The first-order chi connectivity index (χ1) is 11.3. The number of aryl methyl sites for hydroxylation is 1. The molecule has 0 aliphatic carbocycles. The molecule has 3 aromatic rings. The Morgan fingerprint density at radius 1 is 1.22 bits per heavy atom. The molecule has 0 saturated carbocycles. The van der Waals surface area contributed by atoms with Crippen LogP contribution in [0.5, 0.6) is 0 Å². The minimum atomic E-state index is -0.322. The van der Waals surface area contributed by atoms with Gasteiger partial charge in [0.25, 0.3) is 0 Å². The fourth-order valence-corrected chi connectivity index (χ4v) is 3.04. The van der Waals surface area contributed by atoms with Gasteiger partial charge in [-0.1, -0.05) is 37.3 Å². The van der Waals surface area contributed by atoms with Crippen LogP contribution in [-0.2, 0) is 24.3 Å². The molecule has 1 aromatic carbocycles. The SMILES string of the molecule is CCc1nc(COC(=O)c2cccn2Cc2ccccc2)cs1. The molecule has 0 bridgehead atoms.